The fourth-order valence-electron chi connectivity index (χ4n) is 3.38. The molecule has 0 spiro atoms. The first-order valence-corrected chi connectivity index (χ1v) is 11.4. The molecule has 1 aliphatic rings. The van der Waals surface area contributed by atoms with Gasteiger partial charge in [-0.05, 0) is 59.9 Å². The SMILES string of the molecule is C=S1(=O)C[C@@](C)(c2cc(CC(=O)c3ncc(Cl)cc3F)ccc2F)N=C(N)C1(C)C. The minimum atomic E-state index is -2.73. The topological polar surface area (TPSA) is 85.4 Å². The Morgan fingerprint density at radius 3 is 2.53 bits per heavy atom. The monoisotopic (exact) mass is 453 g/mol. The Morgan fingerprint density at radius 2 is 1.93 bits per heavy atom. The standard InChI is InChI=1S/C21H22ClF2N3O2S/c1-20(2)19(25)27-21(3,11-30(20,4)29)14-7-12(5-6-15(14)23)8-17(28)18-16(24)9-13(22)10-26-18/h5-7,9-10H,4,8,11H2,1-3H3,(H2,25,27)/t21-,30?/m0/s1. The van der Waals surface area contributed by atoms with Gasteiger partial charge in [0.1, 0.15) is 17.3 Å². The number of aromatic nitrogens is 1. The van der Waals surface area contributed by atoms with Crippen molar-refractivity contribution in [3.8, 4) is 0 Å². The molecular weight excluding hydrogens is 432 g/mol. The third kappa shape index (κ3) is 3.86. The number of nitrogens with zero attached hydrogens (tertiary/aromatic N) is 2. The third-order valence-corrected chi connectivity index (χ3v) is 8.78. The normalized spacial score (nSPS) is 25.6. The molecule has 0 radical (unpaired) electrons. The Bertz CT molecular complexity index is 1180. The quantitative estimate of drug-likeness (QED) is 0.567. The van der Waals surface area contributed by atoms with Crippen molar-refractivity contribution < 1.29 is 17.8 Å². The van der Waals surface area contributed by atoms with Gasteiger partial charge in [-0.3, -0.25) is 14.0 Å². The van der Waals surface area contributed by atoms with Gasteiger partial charge in [0.05, 0.1) is 15.3 Å². The van der Waals surface area contributed by atoms with Gasteiger partial charge in [-0.15, -0.1) is 0 Å². The van der Waals surface area contributed by atoms with Gasteiger partial charge in [-0.2, -0.15) is 0 Å². The molecule has 30 heavy (non-hydrogen) atoms. The molecular formula is C21H22ClF2N3O2S. The summed E-state index contributed by atoms with van der Waals surface area (Å²) in [6.45, 7) is 5.02. The number of carbonyl (C=O) groups excluding carboxylic acids is 1. The van der Waals surface area contributed by atoms with Gasteiger partial charge >= 0.3 is 0 Å². The Labute approximate surface area is 179 Å². The van der Waals surface area contributed by atoms with Gasteiger partial charge in [-0.25, -0.2) is 13.8 Å². The van der Waals surface area contributed by atoms with Gasteiger partial charge in [0, 0.05) is 23.9 Å². The summed E-state index contributed by atoms with van der Waals surface area (Å²) in [5.74, 6) is 1.98. The van der Waals surface area contributed by atoms with Crippen LogP contribution in [0.2, 0.25) is 5.02 Å². The van der Waals surface area contributed by atoms with Crippen molar-refractivity contribution in [3.05, 3.63) is 63.9 Å². The van der Waals surface area contributed by atoms with Crippen LogP contribution < -0.4 is 5.73 Å². The largest absolute Gasteiger partial charge is 0.386 e. The Morgan fingerprint density at radius 1 is 1.27 bits per heavy atom. The highest BCUT2D eigenvalue weighted by Crippen LogP contribution is 2.38. The maximum Gasteiger partial charge on any atom is 0.188 e. The van der Waals surface area contributed by atoms with E-state index in [-0.39, 0.29) is 34.3 Å². The number of pyridine rings is 1. The van der Waals surface area contributed by atoms with Gasteiger partial charge in [0.25, 0.3) is 0 Å². The molecule has 160 valence electrons. The number of ketones is 1. The lowest BCUT2D eigenvalue weighted by atomic mass is 9.90. The van der Waals surface area contributed by atoms with Crippen LogP contribution in [-0.4, -0.2) is 37.2 Å². The number of carbonyl (C=O) groups is 1. The van der Waals surface area contributed by atoms with Gasteiger partial charge in [-0.1, -0.05) is 17.7 Å². The summed E-state index contributed by atoms with van der Waals surface area (Å²) >= 11 is 5.67. The highest BCUT2D eigenvalue weighted by atomic mass is 35.5. The van der Waals surface area contributed by atoms with Crippen molar-refractivity contribution >= 4 is 38.6 Å². The highest BCUT2D eigenvalue weighted by Gasteiger charge is 2.45. The summed E-state index contributed by atoms with van der Waals surface area (Å²) in [4.78, 5) is 20.7. The average Bonchev–Trinajstić information content (AvgIpc) is 2.61. The van der Waals surface area contributed by atoms with E-state index in [1.165, 1.54) is 24.4 Å². The summed E-state index contributed by atoms with van der Waals surface area (Å²) in [6, 6.07) is 5.09. The molecule has 0 amide bonds. The number of nitrogens with two attached hydrogens (primary N) is 1. The zero-order chi connectivity index (χ0) is 22.5. The molecule has 3 rings (SSSR count). The minimum Gasteiger partial charge on any atom is -0.386 e. The maximum atomic E-state index is 14.7. The van der Waals surface area contributed by atoms with Crippen LogP contribution in [0.25, 0.3) is 0 Å². The van der Waals surface area contributed by atoms with Crippen molar-refractivity contribution in [2.45, 2.75) is 37.5 Å². The first-order chi connectivity index (χ1) is 13.8. The lowest BCUT2D eigenvalue weighted by Crippen LogP contribution is -2.54. The summed E-state index contributed by atoms with van der Waals surface area (Å²) in [6.07, 6.45) is 0.973. The zero-order valence-electron chi connectivity index (χ0n) is 16.8. The van der Waals surface area contributed by atoms with E-state index in [0.29, 0.717) is 5.56 Å². The van der Waals surface area contributed by atoms with Crippen molar-refractivity contribution in [1.29, 1.82) is 0 Å². The fourth-order valence-corrected chi connectivity index (χ4v) is 5.44. The molecule has 0 bridgehead atoms. The Hall–Kier alpha value is -2.32. The first kappa shape index (κ1) is 22.4. The predicted octanol–water partition coefficient (Wildman–Crippen LogP) is 3.52. The fraction of sp³-hybridized carbons (Fsp3) is 0.333. The molecule has 9 heteroatoms. The summed E-state index contributed by atoms with van der Waals surface area (Å²) in [7, 11) is -2.73. The van der Waals surface area contributed by atoms with Crippen molar-refractivity contribution in [3.63, 3.8) is 0 Å². The van der Waals surface area contributed by atoms with Crippen molar-refractivity contribution in [2.75, 3.05) is 5.75 Å². The van der Waals surface area contributed by atoms with Crippen molar-refractivity contribution in [1.82, 2.24) is 4.98 Å². The molecule has 1 aliphatic heterocycles. The second kappa shape index (κ2) is 7.42. The van der Waals surface area contributed by atoms with Crippen LogP contribution in [0, 0.1) is 11.6 Å². The van der Waals surface area contributed by atoms with E-state index in [0.717, 1.165) is 6.07 Å². The second-order valence-electron chi connectivity index (χ2n) is 8.14. The smallest absolute Gasteiger partial charge is 0.188 e. The molecule has 0 aliphatic carbocycles. The number of amidine groups is 1. The van der Waals surface area contributed by atoms with E-state index >= 15 is 0 Å². The molecule has 0 fully saturated rings. The number of hydrogen-bond donors (Lipinski definition) is 1. The third-order valence-electron chi connectivity index (χ3n) is 5.48. The van der Waals surface area contributed by atoms with E-state index in [1.807, 2.05) is 0 Å². The molecule has 2 N–H and O–H groups in total. The summed E-state index contributed by atoms with van der Waals surface area (Å²) < 4.78 is 41.0. The number of benzene rings is 1. The van der Waals surface area contributed by atoms with Crippen LogP contribution in [0.5, 0.6) is 0 Å². The molecule has 1 aromatic carbocycles. The zero-order valence-corrected chi connectivity index (χ0v) is 18.4. The van der Waals surface area contributed by atoms with Crippen LogP contribution in [0.4, 0.5) is 8.78 Å². The highest BCUT2D eigenvalue weighted by molar-refractivity contribution is 8.02. The van der Waals surface area contributed by atoms with E-state index in [2.05, 4.69) is 15.8 Å². The first-order valence-electron chi connectivity index (χ1n) is 9.10. The van der Waals surface area contributed by atoms with Crippen LogP contribution in [0.15, 0.2) is 35.5 Å². The van der Waals surface area contributed by atoms with Crippen LogP contribution in [0.1, 0.15) is 42.4 Å². The Kier molecular flexibility index (Phi) is 5.54. The maximum absolute atomic E-state index is 14.7. The molecule has 1 unspecified atom stereocenters. The summed E-state index contributed by atoms with van der Waals surface area (Å²) in [5.41, 5.74) is 5.08. The van der Waals surface area contributed by atoms with Gasteiger partial charge < -0.3 is 5.73 Å². The predicted molar refractivity (Wildman–Crippen MR) is 117 cm³/mol. The second-order valence-corrected chi connectivity index (χ2v) is 11.5. The summed E-state index contributed by atoms with van der Waals surface area (Å²) in [5, 5.41) is 0.0773. The molecule has 5 nitrogen and oxygen atoms in total. The lowest BCUT2D eigenvalue weighted by molar-refractivity contribution is 0.0984. The minimum absolute atomic E-state index is 0.00458. The van der Waals surface area contributed by atoms with E-state index in [9.17, 15) is 17.8 Å². The van der Waals surface area contributed by atoms with Crippen LogP contribution >= 0.6 is 11.6 Å². The van der Waals surface area contributed by atoms with Gasteiger partial charge in [0.2, 0.25) is 0 Å². The molecule has 0 saturated carbocycles. The number of aliphatic imine (C=N–C) groups is 1. The average molecular weight is 454 g/mol. The Balaban J connectivity index is 2.00. The number of Topliss-reactive ketones (excluding diaryl/α,β-unsaturated/α-hetero) is 1. The van der Waals surface area contributed by atoms with E-state index in [1.54, 1.807) is 20.8 Å². The molecule has 2 atom stereocenters. The van der Waals surface area contributed by atoms with Gasteiger partial charge in [0.15, 0.2) is 11.6 Å². The molecule has 0 saturated heterocycles. The molecule has 2 heterocycles. The number of hydrogen-bond acceptors (Lipinski definition) is 5. The lowest BCUT2D eigenvalue weighted by Gasteiger charge is -2.41. The van der Waals surface area contributed by atoms with E-state index in [4.69, 9.17) is 17.3 Å². The van der Waals surface area contributed by atoms with Crippen LogP contribution in [0.3, 0.4) is 0 Å². The number of rotatable bonds is 4. The van der Waals surface area contributed by atoms with E-state index < -0.39 is 37.2 Å². The van der Waals surface area contributed by atoms with Crippen LogP contribution in [-0.2, 0) is 21.5 Å². The molecule has 2 aromatic rings. The van der Waals surface area contributed by atoms with Crippen molar-refractivity contribution in [2.24, 2.45) is 10.7 Å². The number of halogens is 3. The molecule has 1 aromatic heterocycles.